The molecule has 104 valence electrons. The minimum Gasteiger partial charge on any atom is -0.350 e. The summed E-state index contributed by atoms with van der Waals surface area (Å²) in [4.78, 5) is 3.13. The van der Waals surface area contributed by atoms with Crippen LogP contribution in [0.3, 0.4) is 0 Å². The molecule has 2 heterocycles. The van der Waals surface area contributed by atoms with E-state index >= 15 is 0 Å². The Morgan fingerprint density at radius 3 is 2.63 bits per heavy atom. The van der Waals surface area contributed by atoms with E-state index < -0.39 is 0 Å². The molecule has 1 atom stereocenters. The van der Waals surface area contributed by atoms with Gasteiger partial charge in [-0.2, -0.15) is 10.5 Å². The second-order valence-corrected chi connectivity index (χ2v) is 7.97. The van der Waals surface area contributed by atoms with Gasteiger partial charge < -0.3 is 9.47 Å². The standard InChI is InChI=1S/C16H22O2S/c1-12-16(2,3)13-6-4-5-7-14(13)19(12)11-8-15-17-9-10-18-15/h4-7,15H,8-11H2,1-3H3. The van der Waals surface area contributed by atoms with Gasteiger partial charge in [-0.05, 0) is 29.2 Å². The number of fused-ring (bicyclic) bond motifs is 1. The van der Waals surface area contributed by atoms with Crippen molar-refractivity contribution in [3.63, 3.8) is 0 Å². The molecule has 0 spiro atoms. The van der Waals surface area contributed by atoms with E-state index in [9.17, 15) is 0 Å². The molecule has 1 saturated heterocycles. The van der Waals surface area contributed by atoms with Gasteiger partial charge in [0.25, 0.3) is 0 Å². The Labute approximate surface area is 118 Å². The van der Waals surface area contributed by atoms with Crippen molar-refractivity contribution < 1.29 is 9.47 Å². The van der Waals surface area contributed by atoms with Crippen LogP contribution in [0.5, 0.6) is 0 Å². The molecule has 1 aromatic rings. The zero-order valence-electron chi connectivity index (χ0n) is 11.9. The van der Waals surface area contributed by atoms with Crippen molar-refractivity contribution in [1.29, 1.82) is 0 Å². The van der Waals surface area contributed by atoms with Gasteiger partial charge in [-0.15, -0.1) is 0 Å². The van der Waals surface area contributed by atoms with Crippen LogP contribution in [0.15, 0.2) is 29.2 Å². The molecule has 0 saturated carbocycles. The van der Waals surface area contributed by atoms with Crippen LogP contribution >= 0.6 is 10.5 Å². The fourth-order valence-corrected chi connectivity index (χ4v) is 5.75. The van der Waals surface area contributed by atoms with Crippen molar-refractivity contribution in [2.75, 3.05) is 19.0 Å². The third kappa shape index (κ3) is 2.28. The Morgan fingerprint density at radius 1 is 1.21 bits per heavy atom. The van der Waals surface area contributed by atoms with Gasteiger partial charge >= 0.3 is 0 Å². The second-order valence-electron chi connectivity index (χ2n) is 5.73. The van der Waals surface area contributed by atoms with Crippen LogP contribution < -0.4 is 0 Å². The summed E-state index contributed by atoms with van der Waals surface area (Å²) >= 11 is 0. The maximum Gasteiger partial charge on any atom is 0.158 e. The predicted octanol–water partition coefficient (Wildman–Crippen LogP) is 3.56. The molecule has 1 unspecified atom stereocenters. The largest absolute Gasteiger partial charge is 0.350 e. The van der Waals surface area contributed by atoms with E-state index in [1.807, 2.05) is 0 Å². The van der Waals surface area contributed by atoms with Crippen LogP contribution in [0.4, 0.5) is 0 Å². The highest BCUT2D eigenvalue weighted by atomic mass is 32.2. The van der Waals surface area contributed by atoms with E-state index in [0.29, 0.717) is 0 Å². The lowest BCUT2D eigenvalue weighted by atomic mass is 9.82. The number of benzene rings is 1. The van der Waals surface area contributed by atoms with Gasteiger partial charge in [-0.25, -0.2) is 0 Å². The van der Waals surface area contributed by atoms with Gasteiger partial charge in [-0.1, -0.05) is 32.0 Å². The molecule has 3 heteroatoms. The average molecular weight is 278 g/mol. The molecule has 2 aliphatic heterocycles. The lowest BCUT2D eigenvalue weighted by molar-refractivity contribution is -0.0421. The van der Waals surface area contributed by atoms with Gasteiger partial charge in [0.05, 0.1) is 13.2 Å². The molecular formula is C16H22O2S. The van der Waals surface area contributed by atoms with Crippen molar-refractivity contribution in [3.8, 4) is 0 Å². The van der Waals surface area contributed by atoms with Crippen LogP contribution in [0.2, 0.25) is 0 Å². The van der Waals surface area contributed by atoms with Gasteiger partial charge in [0.2, 0.25) is 0 Å². The van der Waals surface area contributed by atoms with Gasteiger partial charge in [0.1, 0.15) is 0 Å². The fraction of sp³-hybridized carbons (Fsp3) is 0.562. The highest BCUT2D eigenvalue weighted by Gasteiger charge is 2.34. The third-order valence-corrected chi connectivity index (χ3v) is 7.10. The molecule has 0 bridgehead atoms. The van der Waals surface area contributed by atoms with E-state index in [2.05, 4.69) is 45.0 Å². The molecule has 0 amide bonds. The van der Waals surface area contributed by atoms with E-state index in [1.165, 1.54) is 10.5 Å². The number of ether oxygens (including phenoxy) is 2. The number of hydrogen-bond acceptors (Lipinski definition) is 2. The summed E-state index contributed by atoms with van der Waals surface area (Å²) < 4.78 is 11.1. The molecule has 1 fully saturated rings. The van der Waals surface area contributed by atoms with E-state index in [4.69, 9.17) is 9.47 Å². The van der Waals surface area contributed by atoms with E-state index in [1.54, 1.807) is 4.86 Å². The van der Waals surface area contributed by atoms with Crippen molar-refractivity contribution in [1.82, 2.24) is 0 Å². The van der Waals surface area contributed by atoms with Crippen molar-refractivity contribution >= 4 is 15.3 Å². The first-order chi connectivity index (χ1) is 9.10. The first-order valence-electron chi connectivity index (χ1n) is 6.98. The van der Waals surface area contributed by atoms with E-state index in [-0.39, 0.29) is 22.2 Å². The first-order valence-corrected chi connectivity index (χ1v) is 8.38. The molecule has 1 aromatic carbocycles. The smallest absolute Gasteiger partial charge is 0.158 e. The van der Waals surface area contributed by atoms with Crippen LogP contribution in [0, 0.1) is 0 Å². The zero-order valence-corrected chi connectivity index (χ0v) is 12.8. The molecule has 0 N–H and O–H groups in total. The summed E-state index contributed by atoms with van der Waals surface area (Å²) in [5, 5.41) is 0. The van der Waals surface area contributed by atoms with Gasteiger partial charge in [0, 0.05) is 16.7 Å². The summed E-state index contributed by atoms with van der Waals surface area (Å²) in [6, 6.07) is 8.90. The molecule has 2 aliphatic rings. The molecule has 0 aliphatic carbocycles. The summed E-state index contributed by atoms with van der Waals surface area (Å²) in [6.07, 6.45) is 1.03. The fourth-order valence-electron chi connectivity index (χ4n) is 2.91. The zero-order chi connectivity index (χ0) is 13.5. The lowest BCUT2D eigenvalue weighted by Crippen LogP contribution is -2.23. The SMILES string of the molecule is CC1=S(CCC2OCCO2)c2ccccc2C1(C)C. The number of rotatable bonds is 3. The maximum atomic E-state index is 5.56. The summed E-state index contributed by atoms with van der Waals surface area (Å²) in [5.74, 6) is 1.15. The molecule has 2 nitrogen and oxygen atoms in total. The third-order valence-electron chi connectivity index (χ3n) is 4.32. The first kappa shape index (κ1) is 13.3. The molecule has 3 rings (SSSR count). The molecule has 19 heavy (non-hydrogen) atoms. The monoisotopic (exact) mass is 278 g/mol. The number of hydrogen-bond donors (Lipinski definition) is 0. The Kier molecular flexibility index (Phi) is 3.54. The Balaban J connectivity index is 1.85. The van der Waals surface area contributed by atoms with Gasteiger partial charge in [0.15, 0.2) is 6.29 Å². The average Bonchev–Trinajstić information content (AvgIpc) is 2.97. The van der Waals surface area contributed by atoms with Crippen molar-refractivity contribution in [2.24, 2.45) is 0 Å². The highest BCUT2D eigenvalue weighted by molar-refractivity contribution is 8.16. The maximum absolute atomic E-state index is 5.56. The van der Waals surface area contributed by atoms with E-state index in [0.717, 1.165) is 25.4 Å². The Hall–Kier alpha value is -0.640. The topological polar surface area (TPSA) is 18.5 Å². The second kappa shape index (κ2) is 5.04. The minimum atomic E-state index is 0.0242. The minimum absolute atomic E-state index is 0.0242. The molecule has 0 aromatic heterocycles. The van der Waals surface area contributed by atoms with Crippen LogP contribution in [-0.4, -0.2) is 30.1 Å². The molecular weight excluding hydrogens is 256 g/mol. The quantitative estimate of drug-likeness (QED) is 0.787. The van der Waals surface area contributed by atoms with Crippen LogP contribution in [0.1, 0.15) is 32.8 Å². The predicted molar refractivity (Wildman–Crippen MR) is 81.2 cm³/mol. The normalized spacial score (nSPS) is 25.8. The van der Waals surface area contributed by atoms with Crippen LogP contribution in [-0.2, 0) is 14.9 Å². The van der Waals surface area contributed by atoms with Crippen molar-refractivity contribution in [2.45, 2.75) is 43.8 Å². The summed E-state index contributed by atoms with van der Waals surface area (Å²) in [6.45, 7) is 8.51. The summed E-state index contributed by atoms with van der Waals surface area (Å²) in [7, 11) is 0.244. The van der Waals surface area contributed by atoms with Gasteiger partial charge in [-0.3, -0.25) is 0 Å². The summed E-state index contributed by atoms with van der Waals surface area (Å²) in [5.41, 5.74) is 1.71. The Morgan fingerprint density at radius 2 is 1.89 bits per heavy atom. The Bertz CT molecular complexity index is 513. The van der Waals surface area contributed by atoms with Crippen molar-refractivity contribution in [3.05, 3.63) is 29.8 Å². The van der Waals surface area contributed by atoms with Crippen LogP contribution in [0.25, 0.3) is 0 Å². The lowest BCUT2D eigenvalue weighted by Gasteiger charge is -2.21. The highest BCUT2D eigenvalue weighted by Crippen LogP contribution is 2.48. The molecule has 0 radical (unpaired) electrons.